The summed E-state index contributed by atoms with van der Waals surface area (Å²) in [5.74, 6) is -2.51. The van der Waals surface area contributed by atoms with Crippen molar-refractivity contribution in [3.63, 3.8) is 0 Å². The van der Waals surface area contributed by atoms with Crippen molar-refractivity contribution in [3.05, 3.63) is 0 Å². The first-order chi connectivity index (χ1) is 2.63. The molecule has 0 saturated heterocycles. The molecule has 0 spiro atoms. The van der Waals surface area contributed by atoms with Crippen LogP contribution in [-0.4, -0.2) is 12.0 Å². The van der Waals surface area contributed by atoms with E-state index in [-0.39, 0.29) is 6.42 Å². The average molecular weight is 93.1 g/mol. The molecule has 0 heterocycles. The van der Waals surface area contributed by atoms with Gasteiger partial charge >= 0.3 is 0 Å². The molecule has 1 fully saturated rings. The number of hydrogen-bond acceptors (Lipinski definition) is 1. The van der Waals surface area contributed by atoms with E-state index in [0.29, 0.717) is 0 Å². The molecular weight excluding hydrogens is 88.0 g/mol. The normalized spacial score (nSPS) is 39.5. The highest BCUT2D eigenvalue weighted by atomic mass is 19.3. The SMILES string of the molecule is N[C@H]1CC1(F)F. The van der Waals surface area contributed by atoms with Gasteiger partial charge in [-0.2, -0.15) is 0 Å². The van der Waals surface area contributed by atoms with E-state index in [4.69, 9.17) is 5.73 Å². The van der Waals surface area contributed by atoms with Crippen molar-refractivity contribution in [1.29, 1.82) is 0 Å². The van der Waals surface area contributed by atoms with E-state index in [9.17, 15) is 8.78 Å². The van der Waals surface area contributed by atoms with Gasteiger partial charge in [-0.1, -0.05) is 0 Å². The number of nitrogens with two attached hydrogens (primary N) is 1. The first-order valence-corrected chi connectivity index (χ1v) is 1.76. The van der Waals surface area contributed by atoms with E-state index in [1.807, 2.05) is 0 Å². The Balaban J connectivity index is 2.41. The van der Waals surface area contributed by atoms with Crippen LogP contribution in [0.15, 0.2) is 0 Å². The lowest BCUT2D eigenvalue weighted by atomic mass is 10.7. The predicted molar refractivity (Wildman–Crippen MR) is 17.5 cm³/mol. The van der Waals surface area contributed by atoms with E-state index in [0.717, 1.165) is 0 Å². The summed E-state index contributed by atoms with van der Waals surface area (Å²) in [6.07, 6.45) is -0.118. The molecule has 1 rings (SSSR count). The Labute approximate surface area is 34.1 Å². The topological polar surface area (TPSA) is 26.0 Å². The van der Waals surface area contributed by atoms with Gasteiger partial charge in [0, 0.05) is 6.42 Å². The molecule has 0 aromatic carbocycles. The van der Waals surface area contributed by atoms with Gasteiger partial charge in [0.1, 0.15) is 0 Å². The van der Waals surface area contributed by atoms with Crippen LogP contribution in [0.2, 0.25) is 0 Å². The minimum absolute atomic E-state index is 0.118. The minimum atomic E-state index is -2.51. The van der Waals surface area contributed by atoms with Crippen LogP contribution in [0.1, 0.15) is 6.42 Å². The van der Waals surface area contributed by atoms with Crippen LogP contribution in [0.25, 0.3) is 0 Å². The lowest BCUT2D eigenvalue weighted by molar-refractivity contribution is 0.113. The maximum Gasteiger partial charge on any atom is 0.264 e. The third-order valence-corrected chi connectivity index (χ3v) is 0.874. The van der Waals surface area contributed by atoms with E-state index >= 15 is 0 Å². The molecular formula is C3H5F2N. The van der Waals surface area contributed by atoms with Gasteiger partial charge < -0.3 is 5.73 Å². The molecule has 1 aliphatic carbocycles. The Morgan fingerprint density at radius 1 is 1.67 bits per heavy atom. The van der Waals surface area contributed by atoms with Crippen molar-refractivity contribution in [1.82, 2.24) is 0 Å². The quantitative estimate of drug-likeness (QED) is 0.459. The zero-order chi connectivity index (χ0) is 4.78. The van der Waals surface area contributed by atoms with Gasteiger partial charge in [-0.25, -0.2) is 8.78 Å². The minimum Gasteiger partial charge on any atom is -0.322 e. The summed E-state index contributed by atoms with van der Waals surface area (Å²) in [5.41, 5.74) is 4.75. The molecule has 1 saturated carbocycles. The van der Waals surface area contributed by atoms with Crippen molar-refractivity contribution in [2.75, 3.05) is 0 Å². The first kappa shape index (κ1) is 3.99. The smallest absolute Gasteiger partial charge is 0.264 e. The van der Waals surface area contributed by atoms with Crippen LogP contribution in [0.4, 0.5) is 8.78 Å². The van der Waals surface area contributed by atoms with Crippen molar-refractivity contribution < 1.29 is 8.78 Å². The molecule has 2 N–H and O–H groups in total. The monoisotopic (exact) mass is 93.0 g/mol. The van der Waals surface area contributed by atoms with Gasteiger partial charge in [0.25, 0.3) is 5.92 Å². The summed E-state index contributed by atoms with van der Waals surface area (Å²) in [5, 5.41) is 0. The summed E-state index contributed by atoms with van der Waals surface area (Å²) < 4.78 is 22.8. The Kier molecular flexibility index (Phi) is 0.485. The van der Waals surface area contributed by atoms with Gasteiger partial charge in [-0.3, -0.25) is 0 Å². The molecule has 1 atom stereocenters. The second kappa shape index (κ2) is 0.729. The van der Waals surface area contributed by atoms with Gasteiger partial charge in [0.2, 0.25) is 0 Å². The molecule has 0 bridgehead atoms. The third kappa shape index (κ3) is 0.391. The van der Waals surface area contributed by atoms with Crippen molar-refractivity contribution in [2.45, 2.75) is 18.4 Å². The highest BCUT2D eigenvalue weighted by Crippen LogP contribution is 2.39. The number of alkyl halides is 2. The second-order valence-electron chi connectivity index (χ2n) is 1.57. The van der Waals surface area contributed by atoms with Crippen molar-refractivity contribution >= 4 is 0 Å². The first-order valence-electron chi connectivity index (χ1n) is 1.76. The molecule has 6 heavy (non-hydrogen) atoms. The van der Waals surface area contributed by atoms with Gasteiger partial charge in [0.05, 0.1) is 6.04 Å². The molecule has 0 aliphatic heterocycles. The Hall–Kier alpha value is -0.180. The summed E-state index contributed by atoms with van der Waals surface area (Å²) in [6, 6.07) is -0.836. The van der Waals surface area contributed by atoms with Crippen LogP contribution in [-0.2, 0) is 0 Å². The predicted octanol–water partition coefficient (Wildman–Crippen LogP) is 0.353. The zero-order valence-corrected chi connectivity index (χ0v) is 3.12. The summed E-state index contributed by atoms with van der Waals surface area (Å²) in [4.78, 5) is 0. The fourth-order valence-corrected chi connectivity index (χ4v) is 0.234. The number of rotatable bonds is 0. The van der Waals surface area contributed by atoms with Crippen molar-refractivity contribution in [3.8, 4) is 0 Å². The van der Waals surface area contributed by atoms with Crippen LogP contribution >= 0.6 is 0 Å². The maximum absolute atomic E-state index is 11.4. The number of halogens is 2. The second-order valence-corrected chi connectivity index (χ2v) is 1.57. The molecule has 0 aromatic heterocycles. The zero-order valence-electron chi connectivity index (χ0n) is 3.12. The molecule has 0 unspecified atom stereocenters. The van der Waals surface area contributed by atoms with E-state index in [2.05, 4.69) is 0 Å². The molecule has 0 aromatic rings. The van der Waals surface area contributed by atoms with Gasteiger partial charge in [0.15, 0.2) is 0 Å². The van der Waals surface area contributed by atoms with Crippen LogP contribution in [0.5, 0.6) is 0 Å². The fraction of sp³-hybridized carbons (Fsp3) is 1.00. The third-order valence-electron chi connectivity index (χ3n) is 0.874. The summed E-state index contributed by atoms with van der Waals surface area (Å²) in [7, 11) is 0. The van der Waals surface area contributed by atoms with Gasteiger partial charge in [-0.15, -0.1) is 0 Å². The van der Waals surface area contributed by atoms with Crippen LogP contribution in [0, 0.1) is 0 Å². The molecule has 0 amide bonds. The molecule has 3 heteroatoms. The molecule has 1 aliphatic rings. The van der Waals surface area contributed by atoms with E-state index in [1.54, 1.807) is 0 Å². The molecule has 1 nitrogen and oxygen atoms in total. The Morgan fingerprint density at radius 2 is 1.83 bits per heavy atom. The maximum atomic E-state index is 11.4. The fourth-order valence-electron chi connectivity index (χ4n) is 0.234. The Bertz CT molecular complexity index is 71.2. The van der Waals surface area contributed by atoms with Gasteiger partial charge in [-0.05, 0) is 0 Å². The van der Waals surface area contributed by atoms with E-state index < -0.39 is 12.0 Å². The Morgan fingerprint density at radius 3 is 1.83 bits per heavy atom. The summed E-state index contributed by atoms with van der Waals surface area (Å²) >= 11 is 0. The highest BCUT2D eigenvalue weighted by Gasteiger charge is 2.54. The van der Waals surface area contributed by atoms with Crippen LogP contribution < -0.4 is 5.73 Å². The summed E-state index contributed by atoms with van der Waals surface area (Å²) in [6.45, 7) is 0. The molecule has 0 radical (unpaired) electrons. The standard InChI is InChI=1S/C3H5F2N/c4-3(5)1-2(3)6/h2H,1,6H2/t2-/m0/s1. The van der Waals surface area contributed by atoms with Crippen molar-refractivity contribution in [2.24, 2.45) is 5.73 Å². The lowest BCUT2D eigenvalue weighted by Gasteiger charge is -1.82. The highest BCUT2D eigenvalue weighted by molar-refractivity contribution is 4.98. The lowest BCUT2D eigenvalue weighted by Crippen LogP contribution is -2.08. The van der Waals surface area contributed by atoms with E-state index in [1.165, 1.54) is 0 Å². The van der Waals surface area contributed by atoms with Crippen LogP contribution in [0.3, 0.4) is 0 Å². The average Bonchev–Trinajstić information content (AvgIpc) is 1.73. The largest absolute Gasteiger partial charge is 0.322 e. The molecule has 36 valence electrons. The number of hydrogen-bond donors (Lipinski definition) is 1.